The van der Waals surface area contributed by atoms with Gasteiger partial charge < -0.3 is 9.80 Å². The number of likely N-dealkylation sites (N-methyl/N-ethyl adjacent to an activating group) is 1. The number of nitrogens with zero attached hydrogens (tertiary/aromatic N) is 2. The van der Waals surface area contributed by atoms with Crippen molar-refractivity contribution < 1.29 is 14.6 Å². The molecule has 0 amide bonds. The van der Waals surface area contributed by atoms with Crippen LogP contribution in [0.1, 0.15) is 17.8 Å². The number of thiazole rings is 1. The molecule has 2 aromatic rings. The van der Waals surface area contributed by atoms with Crippen molar-refractivity contribution in [1.82, 2.24) is 4.98 Å². The number of carbonyl (C=O) groups is 1. The molecule has 2 heterocycles. The zero-order chi connectivity index (χ0) is 18.5. The van der Waals surface area contributed by atoms with Crippen LogP contribution in [0.4, 0.5) is 0 Å². The zero-order valence-corrected chi connectivity index (χ0v) is 17.2. The van der Waals surface area contributed by atoms with E-state index in [0.717, 1.165) is 48.5 Å². The molecule has 1 fully saturated rings. The third-order valence-corrected chi connectivity index (χ3v) is 6.39. The van der Waals surface area contributed by atoms with Crippen LogP contribution in [0.3, 0.4) is 0 Å². The van der Waals surface area contributed by atoms with Gasteiger partial charge in [-0.05, 0) is 19.1 Å². The Bertz CT molecular complexity index is 791. The van der Waals surface area contributed by atoms with E-state index in [0.29, 0.717) is 11.6 Å². The maximum Gasteiger partial charge on any atom is 0.210 e. The molecule has 0 unspecified atom stereocenters. The summed E-state index contributed by atoms with van der Waals surface area (Å²) in [5, 5.41) is 12.1. The molecule has 7 heteroatoms. The zero-order valence-electron chi connectivity index (χ0n) is 14.8. The van der Waals surface area contributed by atoms with Crippen LogP contribution < -0.4 is 9.80 Å². The molecule has 3 rings (SSSR count). The highest BCUT2D eigenvalue weighted by Gasteiger charge is 2.30. The summed E-state index contributed by atoms with van der Waals surface area (Å²) in [5.74, 6) is -0.771. The van der Waals surface area contributed by atoms with Gasteiger partial charge in [-0.15, -0.1) is 11.3 Å². The van der Waals surface area contributed by atoms with Gasteiger partial charge in [0, 0.05) is 15.4 Å². The van der Waals surface area contributed by atoms with Gasteiger partial charge in [-0.2, -0.15) is 5.26 Å². The maximum atomic E-state index is 12.7. The van der Waals surface area contributed by atoms with Crippen molar-refractivity contribution in [2.45, 2.75) is 12.8 Å². The predicted octanol–water partition coefficient (Wildman–Crippen LogP) is 0.552. The molecule has 1 saturated heterocycles. The largest absolute Gasteiger partial charge is 0.326 e. The third kappa shape index (κ3) is 4.57. The van der Waals surface area contributed by atoms with Crippen LogP contribution in [0.5, 0.6) is 0 Å². The Morgan fingerprint density at radius 3 is 2.54 bits per heavy atom. The van der Waals surface area contributed by atoms with Gasteiger partial charge in [-0.3, -0.25) is 4.79 Å². The van der Waals surface area contributed by atoms with Crippen molar-refractivity contribution in [3.05, 3.63) is 39.1 Å². The first-order chi connectivity index (χ1) is 12.6. The van der Waals surface area contributed by atoms with Crippen molar-refractivity contribution in [3.63, 3.8) is 0 Å². The fourth-order valence-electron chi connectivity index (χ4n) is 3.27. The molecule has 0 saturated carbocycles. The highest BCUT2D eigenvalue weighted by molar-refractivity contribution is 9.10. The fraction of sp³-hybridized carbons (Fsp3) is 0.421. The molecule has 0 aliphatic carbocycles. The van der Waals surface area contributed by atoms with E-state index in [1.54, 1.807) is 4.90 Å². The van der Waals surface area contributed by atoms with E-state index >= 15 is 0 Å². The first-order valence-corrected chi connectivity index (χ1v) is 10.6. The standard InChI is InChI=1S/C19H21BrN4OS/c1-2-23-7-9-24(10-8-23)12-18(25)16(11-21)19-22-17(13-26-19)14-3-5-15(20)6-4-14/h3-6,13,16H,2,7-10,12H2,1H3/p+2/t16-/m0/s1. The molecule has 136 valence electrons. The number of piperazine rings is 1. The van der Waals surface area contributed by atoms with Crippen molar-refractivity contribution in [1.29, 1.82) is 5.26 Å². The highest BCUT2D eigenvalue weighted by atomic mass is 79.9. The van der Waals surface area contributed by atoms with E-state index in [2.05, 4.69) is 33.9 Å². The van der Waals surface area contributed by atoms with Crippen LogP contribution in [-0.2, 0) is 4.79 Å². The van der Waals surface area contributed by atoms with Crippen molar-refractivity contribution in [3.8, 4) is 17.3 Å². The Morgan fingerprint density at radius 2 is 1.92 bits per heavy atom. The highest BCUT2D eigenvalue weighted by Crippen LogP contribution is 2.27. The minimum atomic E-state index is -0.756. The SMILES string of the molecule is CC[NH+]1CC[NH+](CC(=O)[C@H](C#N)c2nc(-c3ccc(Br)cc3)cs2)CC1. The monoisotopic (exact) mass is 434 g/mol. The summed E-state index contributed by atoms with van der Waals surface area (Å²) in [6.07, 6.45) is 0. The first kappa shape index (κ1) is 19.2. The van der Waals surface area contributed by atoms with Crippen molar-refractivity contribution in [2.75, 3.05) is 39.3 Å². The second kappa shape index (κ2) is 8.87. The Hall–Kier alpha value is -1.59. The number of rotatable bonds is 6. The lowest BCUT2D eigenvalue weighted by Crippen LogP contribution is -3.28. The summed E-state index contributed by atoms with van der Waals surface area (Å²) in [6.45, 7) is 7.94. The lowest BCUT2D eigenvalue weighted by Gasteiger charge is -2.28. The number of quaternary nitrogens is 2. The normalized spacial score (nSPS) is 21.1. The average molecular weight is 435 g/mol. The number of Topliss-reactive ketones (excluding diaryl/α,β-unsaturated/α-hetero) is 1. The molecule has 1 atom stereocenters. The van der Waals surface area contributed by atoms with Crippen LogP contribution in [0.25, 0.3) is 11.3 Å². The van der Waals surface area contributed by atoms with Gasteiger partial charge >= 0.3 is 0 Å². The summed E-state index contributed by atoms with van der Waals surface area (Å²) in [5.41, 5.74) is 1.81. The van der Waals surface area contributed by atoms with Crippen LogP contribution in [0.15, 0.2) is 34.1 Å². The average Bonchev–Trinajstić information content (AvgIpc) is 3.13. The predicted molar refractivity (Wildman–Crippen MR) is 105 cm³/mol. The Morgan fingerprint density at radius 1 is 1.27 bits per heavy atom. The van der Waals surface area contributed by atoms with E-state index in [9.17, 15) is 10.1 Å². The van der Waals surface area contributed by atoms with Gasteiger partial charge in [0.05, 0.1) is 18.3 Å². The lowest BCUT2D eigenvalue weighted by molar-refractivity contribution is -1.01. The molecule has 2 N–H and O–H groups in total. The molecule has 0 bridgehead atoms. The Kier molecular flexibility index (Phi) is 6.54. The van der Waals surface area contributed by atoms with E-state index in [1.165, 1.54) is 16.2 Å². The lowest BCUT2D eigenvalue weighted by atomic mass is 10.1. The topological polar surface area (TPSA) is 62.6 Å². The number of ketones is 1. The molecule has 0 radical (unpaired) electrons. The Balaban J connectivity index is 1.66. The van der Waals surface area contributed by atoms with Crippen LogP contribution in [-0.4, -0.2) is 50.0 Å². The number of hydrogen-bond donors (Lipinski definition) is 2. The summed E-state index contributed by atoms with van der Waals surface area (Å²) >= 11 is 4.82. The molecule has 5 nitrogen and oxygen atoms in total. The second-order valence-corrected chi connectivity index (χ2v) is 8.44. The third-order valence-electron chi connectivity index (χ3n) is 4.95. The van der Waals surface area contributed by atoms with Crippen LogP contribution >= 0.6 is 27.3 Å². The van der Waals surface area contributed by atoms with Gasteiger partial charge in [-0.1, -0.05) is 28.1 Å². The van der Waals surface area contributed by atoms with Gasteiger partial charge in [0.1, 0.15) is 37.7 Å². The fourth-order valence-corrected chi connectivity index (χ4v) is 4.43. The van der Waals surface area contributed by atoms with E-state index in [4.69, 9.17) is 0 Å². The molecule has 26 heavy (non-hydrogen) atoms. The summed E-state index contributed by atoms with van der Waals surface area (Å²) in [4.78, 5) is 20.1. The van der Waals surface area contributed by atoms with E-state index in [1.807, 2.05) is 29.6 Å². The molecule has 1 aliphatic rings. The molecule has 0 spiro atoms. The minimum absolute atomic E-state index is 0.0147. The smallest absolute Gasteiger partial charge is 0.210 e. The number of nitriles is 1. The summed E-state index contributed by atoms with van der Waals surface area (Å²) in [6, 6.07) is 10.1. The molecule has 1 aromatic heterocycles. The number of aromatic nitrogens is 1. The molecular weight excluding hydrogens is 412 g/mol. The number of nitrogens with one attached hydrogen (secondary N) is 2. The van der Waals surface area contributed by atoms with Gasteiger partial charge in [0.25, 0.3) is 0 Å². The number of hydrogen-bond acceptors (Lipinski definition) is 4. The van der Waals surface area contributed by atoms with Crippen molar-refractivity contribution >= 4 is 33.0 Å². The summed E-state index contributed by atoms with van der Waals surface area (Å²) in [7, 11) is 0. The first-order valence-electron chi connectivity index (χ1n) is 8.91. The number of carbonyl (C=O) groups excluding carboxylic acids is 1. The van der Waals surface area contributed by atoms with E-state index in [-0.39, 0.29) is 5.78 Å². The number of benzene rings is 1. The summed E-state index contributed by atoms with van der Waals surface area (Å²) < 4.78 is 1.01. The molecular formula is C19H23BrN4OS+2. The second-order valence-electron chi connectivity index (χ2n) is 6.64. The van der Waals surface area contributed by atoms with Crippen LogP contribution in [0.2, 0.25) is 0 Å². The van der Waals surface area contributed by atoms with Gasteiger partial charge in [0.15, 0.2) is 5.92 Å². The number of halogens is 1. The van der Waals surface area contributed by atoms with Gasteiger partial charge in [-0.25, -0.2) is 4.98 Å². The van der Waals surface area contributed by atoms with Gasteiger partial charge in [0.2, 0.25) is 5.78 Å². The van der Waals surface area contributed by atoms with E-state index < -0.39 is 5.92 Å². The molecule has 1 aromatic carbocycles. The van der Waals surface area contributed by atoms with Crippen molar-refractivity contribution in [2.24, 2.45) is 0 Å². The minimum Gasteiger partial charge on any atom is -0.326 e. The van der Waals surface area contributed by atoms with Crippen LogP contribution in [0, 0.1) is 11.3 Å². The quantitative estimate of drug-likeness (QED) is 0.697. The maximum absolute atomic E-state index is 12.7. The molecule has 1 aliphatic heterocycles. The Labute approximate surface area is 166 Å².